The van der Waals surface area contributed by atoms with Crippen molar-refractivity contribution < 1.29 is 9.90 Å². The standard InChI is InChI=1S/C26H29N5O2/c1-6-26(4,5)18-14-22(28-25(33)27-19-10-7-16(2)8-11-19)24(32)23(15-18)31-29-20-12-9-17(3)13-21(20)30-31/h7-15,32H,6H2,1-5H3,(H2,27,28,33). The Morgan fingerprint density at radius 2 is 1.61 bits per heavy atom. The molecular formula is C26H29N5O2. The summed E-state index contributed by atoms with van der Waals surface area (Å²) in [6.45, 7) is 10.3. The topological polar surface area (TPSA) is 92.1 Å². The molecule has 3 N–H and O–H groups in total. The van der Waals surface area contributed by atoms with Crippen molar-refractivity contribution in [3.05, 3.63) is 71.3 Å². The molecule has 0 aliphatic heterocycles. The van der Waals surface area contributed by atoms with Crippen LogP contribution in [0.4, 0.5) is 16.2 Å². The molecule has 33 heavy (non-hydrogen) atoms. The number of hydrogen-bond acceptors (Lipinski definition) is 4. The molecule has 4 aromatic rings. The lowest BCUT2D eigenvalue weighted by atomic mass is 9.81. The molecule has 0 saturated heterocycles. The first kappa shape index (κ1) is 22.3. The SMILES string of the molecule is CCC(C)(C)c1cc(NC(=O)Nc2ccc(C)cc2)c(O)c(-n2nc3ccc(C)cc3n2)c1. The number of aryl methyl sites for hydroxylation is 2. The van der Waals surface area contributed by atoms with Crippen molar-refractivity contribution in [3.63, 3.8) is 0 Å². The predicted molar refractivity (Wildman–Crippen MR) is 132 cm³/mol. The maximum atomic E-state index is 12.7. The molecule has 0 atom stereocenters. The Balaban J connectivity index is 1.74. The molecule has 0 aliphatic carbocycles. The number of amides is 2. The minimum absolute atomic E-state index is 0.0956. The Bertz CT molecular complexity index is 1320. The maximum absolute atomic E-state index is 12.7. The van der Waals surface area contributed by atoms with E-state index in [1.54, 1.807) is 0 Å². The van der Waals surface area contributed by atoms with Gasteiger partial charge >= 0.3 is 6.03 Å². The van der Waals surface area contributed by atoms with Gasteiger partial charge in [-0.15, -0.1) is 15.0 Å². The summed E-state index contributed by atoms with van der Waals surface area (Å²) in [7, 11) is 0. The van der Waals surface area contributed by atoms with Crippen molar-refractivity contribution in [3.8, 4) is 11.4 Å². The fourth-order valence-electron chi connectivity index (χ4n) is 3.52. The number of phenols is 1. The number of nitrogens with one attached hydrogen (secondary N) is 2. The summed E-state index contributed by atoms with van der Waals surface area (Å²) in [5.74, 6) is -0.0956. The zero-order valence-electron chi connectivity index (χ0n) is 19.6. The molecule has 0 spiro atoms. The number of carbonyl (C=O) groups is 1. The van der Waals surface area contributed by atoms with Crippen LogP contribution in [0.2, 0.25) is 0 Å². The van der Waals surface area contributed by atoms with Gasteiger partial charge in [-0.05, 0) is 73.2 Å². The van der Waals surface area contributed by atoms with E-state index >= 15 is 0 Å². The molecule has 4 rings (SSSR count). The third-order valence-corrected chi connectivity index (χ3v) is 6.06. The summed E-state index contributed by atoms with van der Waals surface area (Å²) in [4.78, 5) is 14.1. The van der Waals surface area contributed by atoms with Crippen LogP contribution in [0.3, 0.4) is 0 Å². The van der Waals surface area contributed by atoms with E-state index in [-0.39, 0.29) is 11.2 Å². The van der Waals surface area contributed by atoms with Crippen LogP contribution in [-0.4, -0.2) is 26.1 Å². The molecular weight excluding hydrogens is 414 g/mol. The number of rotatable bonds is 5. The van der Waals surface area contributed by atoms with E-state index in [0.29, 0.717) is 17.1 Å². The second-order valence-corrected chi connectivity index (χ2v) is 9.06. The summed E-state index contributed by atoms with van der Waals surface area (Å²) in [6, 6.07) is 16.6. The van der Waals surface area contributed by atoms with Crippen LogP contribution in [0.15, 0.2) is 54.6 Å². The predicted octanol–water partition coefficient (Wildman–Crippen LogP) is 6.07. The van der Waals surface area contributed by atoms with Gasteiger partial charge in [-0.25, -0.2) is 4.79 Å². The maximum Gasteiger partial charge on any atom is 0.323 e. The number of aromatic nitrogens is 3. The number of aromatic hydroxyl groups is 1. The van der Waals surface area contributed by atoms with Gasteiger partial charge in [0.15, 0.2) is 5.75 Å². The highest BCUT2D eigenvalue weighted by Gasteiger charge is 2.24. The average molecular weight is 444 g/mol. The van der Waals surface area contributed by atoms with E-state index in [2.05, 4.69) is 41.6 Å². The molecule has 0 bridgehead atoms. The molecule has 1 heterocycles. The summed E-state index contributed by atoms with van der Waals surface area (Å²) in [5.41, 5.74) is 5.80. The first-order valence-corrected chi connectivity index (χ1v) is 11.0. The smallest absolute Gasteiger partial charge is 0.323 e. The largest absolute Gasteiger partial charge is 0.504 e. The Hall–Kier alpha value is -3.87. The number of anilines is 2. The molecule has 0 aliphatic rings. The van der Waals surface area contributed by atoms with Gasteiger partial charge in [-0.1, -0.05) is 44.5 Å². The highest BCUT2D eigenvalue weighted by molar-refractivity contribution is 6.01. The second-order valence-electron chi connectivity index (χ2n) is 9.06. The summed E-state index contributed by atoms with van der Waals surface area (Å²) < 4.78 is 0. The molecule has 170 valence electrons. The number of carbonyl (C=O) groups excluding carboxylic acids is 1. The van der Waals surface area contributed by atoms with Crippen LogP contribution in [-0.2, 0) is 5.41 Å². The van der Waals surface area contributed by atoms with Crippen LogP contribution >= 0.6 is 0 Å². The van der Waals surface area contributed by atoms with E-state index in [1.165, 1.54) is 4.80 Å². The second kappa shape index (κ2) is 8.58. The molecule has 3 aromatic carbocycles. The van der Waals surface area contributed by atoms with Gasteiger partial charge in [0.25, 0.3) is 0 Å². The van der Waals surface area contributed by atoms with Crippen molar-refractivity contribution in [2.24, 2.45) is 0 Å². The number of fused-ring (bicyclic) bond motifs is 1. The first-order chi connectivity index (χ1) is 15.7. The summed E-state index contributed by atoms with van der Waals surface area (Å²) in [5, 5.41) is 25.8. The van der Waals surface area contributed by atoms with Gasteiger partial charge in [0.1, 0.15) is 16.7 Å². The first-order valence-electron chi connectivity index (χ1n) is 11.0. The number of urea groups is 1. The van der Waals surface area contributed by atoms with Gasteiger partial charge in [0.05, 0.1) is 5.69 Å². The highest BCUT2D eigenvalue weighted by atomic mass is 16.3. The van der Waals surface area contributed by atoms with Crippen molar-refractivity contribution in [1.82, 2.24) is 15.0 Å². The lowest BCUT2D eigenvalue weighted by Gasteiger charge is -2.25. The van der Waals surface area contributed by atoms with Crippen LogP contribution in [0.1, 0.15) is 43.9 Å². The number of hydrogen-bond donors (Lipinski definition) is 3. The number of phenolic OH excluding ortho intramolecular Hbond substituents is 1. The van der Waals surface area contributed by atoms with E-state index in [9.17, 15) is 9.90 Å². The van der Waals surface area contributed by atoms with E-state index in [1.807, 2.05) is 68.4 Å². The van der Waals surface area contributed by atoms with Gasteiger partial charge in [0, 0.05) is 5.69 Å². The fourth-order valence-corrected chi connectivity index (χ4v) is 3.52. The molecule has 0 radical (unpaired) electrons. The van der Waals surface area contributed by atoms with E-state index in [0.717, 1.165) is 34.1 Å². The Labute approximate surface area is 193 Å². The molecule has 0 saturated carbocycles. The number of nitrogens with zero attached hydrogens (tertiary/aromatic N) is 3. The van der Waals surface area contributed by atoms with Crippen molar-refractivity contribution >= 4 is 28.4 Å². The van der Waals surface area contributed by atoms with Gasteiger partial charge in [-0.2, -0.15) is 0 Å². The van der Waals surface area contributed by atoms with Crippen LogP contribution < -0.4 is 10.6 Å². The van der Waals surface area contributed by atoms with Crippen LogP contribution in [0.25, 0.3) is 16.7 Å². The quantitative estimate of drug-likeness (QED) is 0.326. The Morgan fingerprint density at radius 1 is 0.939 bits per heavy atom. The third kappa shape index (κ3) is 4.67. The van der Waals surface area contributed by atoms with Crippen LogP contribution in [0.5, 0.6) is 5.75 Å². The average Bonchev–Trinajstić information content (AvgIpc) is 3.19. The van der Waals surface area contributed by atoms with Crippen molar-refractivity contribution in [2.45, 2.75) is 46.5 Å². The summed E-state index contributed by atoms with van der Waals surface area (Å²) >= 11 is 0. The van der Waals surface area contributed by atoms with E-state index < -0.39 is 6.03 Å². The minimum atomic E-state index is -0.444. The zero-order valence-corrected chi connectivity index (χ0v) is 19.6. The molecule has 0 unspecified atom stereocenters. The summed E-state index contributed by atoms with van der Waals surface area (Å²) in [6.07, 6.45) is 0.875. The number of benzene rings is 3. The monoisotopic (exact) mass is 443 g/mol. The minimum Gasteiger partial charge on any atom is -0.504 e. The lowest BCUT2D eigenvalue weighted by molar-refractivity contribution is 0.262. The Morgan fingerprint density at radius 3 is 2.30 bits per heavy atom. The molecule has 1 aromatic heterocycles. The van der Waals surface area contributed by atoms with Crippen LogP contribution in [0, 0.1) is 13.8 Å². The van der Waals surface area contributed by atoms with Gasteiger partial charge in [-0.3, -0.25) is 0 Å². The van der Waals surface area contributed by atoms with Crippen molar-refractivity contribution in [1.29, 1.82) is 0 Å². The third-order valence-electron chi connectivity index (χ3n) is 6.06. The highest BCUT2D eigenvalue weighted by Crippen LogP contribution is 2.38. The molecule has 2 amide bonds. The van der Waals surface area contributed by atoms with Gasteiger partial charge < -0.3 is 15.7 Å². The normalized spacial score (nSPS) is 11.5. The fraction of sp³-hybridized carbons (Fsp3) is 0.269. The van der Waals surface area contributed by atoms with Crippen molar-refractivity contribution in [2.75, 3.05) is 10.6 Å². The van der Waals surface area contributed by atoms with Gasteiger partial charge in [0.2, 0.25) is 0 Å². The molecule has 7 heteroatoms. The molecule has 0 fully saturated rings. The molecule has 7 nitrogen and oxygen atoms in total. The lowest BCUT2D eigenvalue weighted by Crippen LogP contribution is -2.21. The zero-order chi connectivity index (χ0) is 23.8. The van der Waals surface area contributed by atoms with E-state index in [4.69, 9.17) is 0 Å². The Kier molecular flexibility index (Phi) is 5.80.